The van der Waals surface area contributed by atoms with E-state index in [-0.39, 0.29) is 12.4 Å². The summed E-state index contributed by atoms with van der Waals surface area (Å²) < 4.78 is 28.0. The van der Waals surface area contributed by atoms with Crippen LogP contribution in [-0.2, 0) is 25.1 Å². The number of thioether (sulfide) groups is 1. The fraction of sp³-hybridized carbons (Fsp3) is 0.529. The number of ether oxygens (including phenoxy) is 2. The summed E-state index contributed by atoms with van der Waals surface area (Å²) >= 11 is 1.18. The minimum Gasteiger partial charge on any atom is -0.458 e. The molecule has 0 aliphatic carbocycles. The molecule has 0 amide bonds. The molecule has 2 aromatic rings. The molecular weight excluding hydrogens is 362 g/mol. The second-order valence-corrected chi connectivity index (χ2v) is 8.02. The number of unbranched alkanes of at least 4 members (excludes halogenated alkanes) is 1. The lowest BCUT2D eigenvalue weighted by Crippen LogP contribution is -2.30. The normalized spacial score (nSPS) is 13.7. The second kappa shape index (κ2) is 10.6. The zero-order valence-corrected chi connectivity index (χ0v) is 16.1. The number of benzene rings is 1. The number of fused-ring (bicyclic) bond motifs is 1. The van der Waals surface area contributed by atoms with Crippen molar-refractivity contribution in [1.82, 2.24) is 4.98 Å². The van der Waals surface area contributed by atoms with Gasteiger partial charge in [-0.1, -0.05) is 37.2 Å². The molecule has 6 nitrogen and oxygen atoms in total. The Morgan fingerprint density at radius 3 is 2.92 bits per heavy atom. The lowest BCUT2D eigenvalue weighted by molar-refractivity contribution is -0.146. The van der Waals surface area contributed by atoms with Crippen LogP contribution in [0.25, 0.3) is 11.1 Å². The number of para-hydroxylation sites is 2. The van der Waals surface area contributed by atoms with E-state index in [1.807, 2.05) is 31.2 Å². The Hall–Kier alpha value is -1.38. The largest absolute Gasteiger partial charge is 0.458 e. The van der Waals surface area contributed by atoms with Crippen LogP contribution in [0, 0.1) is 0 Å². The van der Waals surface area contributed by atoms with E-state index in [1.54, 1.807) is 0 Å². The van der Waals surface area contributed by atoms with Gasteiger partial charge < -0.3 is 13.9 Å². The van der Waals surface area contributed by atoms with Gasteiger partial charge in [0.2, 0.25) is 0 Å². The van der Waals surface area contributed by atoms with Crippen LogP contribution in [0.2, 0.25) is 0 Å². The van der Waals surface area contributed by atoms with Gasteiger partial charge in [-0.2, -0.15) is 0 Å². The van der Waals surface area contributed by atoms with E-state index in [0.29, 0.717) is 22.3 Å². The third-order valence-corrected chi connectivity index (χ3v) is 5.62. The Balaban J connectivity index is 1.82. The zero-order chi connectivity index (χ0) is 18.1. The summed E-state index contributed by atoms with van der Waals surface area (Å²) in [5, 5.41) is 0.424. The highest BCUT2D eigenvalue weighted by Gasteiger charge is 2.18. The summed E-state index contributed by atoms with van der Waals surface area (Å²) in [6, 6.07) is 7.41. The molecule has 2 rings (SSSR count). The Morgan fingerprint density at radius 1 is 1.40 bits per heavy atom. The molecule has 0 aliphatic heterocycles. The summed E-state index contributed by atoms with van der Waals surface area (Å²) in [7, 11) is 0.517. The Labute approximate surface area is 154 Å². The molecule has 1 aromatic carbocycles. The molecule has 138 valence electrons. The van der Waals surface area contributed by atoms with Gasteiger partial charge in [0.05, 0.1) is 12.4 Å². The maximum absolute atomic E-state index is 12.0. The van der Waals surface area contributed by atoms with E-state index in [9.17, 15) is 9.00 Å². The van der Waals surface area contributed by atoms with Crippen molar-refractivity contribution in [2.24, 2.45) is 0 Å². The Bertz CT molecular complexity index is 670. The number of nitrogens with zero attached hydrogens (tertiary/aromatic N) is 1. The molecular formula is C17H23NO5S2. The van der Waals surface area contributed by atoms with E-state index < -0.39 is 22.9 Å². The van der Waals surface area contributed by atoms with Gasteiger partial charge in [-0.05, 0) is 18.6 Å². The fourth-order valence-electron chi connectivity index (χ4n) is 2.15. The van der Waals surface area contributed by atoms with Crippen molar-refractivity contribution in [3.05, 3.63) is 24.3 Å². The third kappa shape index (κ3) is 6.80. The Morgan fingerprint density at radius 2 is 2.20 bits per heavy atom. The van der Waals surface area contributed by atoms with Gasteiger partial charge in [-0.3, -0.25) is 9.00 Å². The second-order valence-electron chi connectivity index (χ2n) is 5.47. The van der Waals surface area contributed by atoms with E-state index in [1.165, 1.54) is 18.9 Å². The van der Waals surface area contributed by atoms with E-state index in [2.05, 4.69) is 4.98 Å². The van der Waals surface area contributed by atoms with Gasteiger partial charge >= 0.3 is 5.97 Å². The number of carbonyl (C=O) groups is 1. The highest BCUT2D eigenvalue weighted by atomic mass is 32.2. The van der Waals surface area contributed by atoms with Gasteiger partial charge in [-0.15, -0.1) is 0 Å². The monoisotopic (exact) mass is 385 g/mol. The van der Waals surface area contributed by atoms with Crippen LogP contribution in [0.1, 0.15) is 19.8 Å². The number of methoxy groups -OCH3 is 1. The van der Waals surface area contributed by atoms with Gasteiger partial charge in [0, 0.05) is 23.7 Å². The molecule has 8 heteroatoms. The standard InChI is InChI=1S/C17H23NO5S2/c1-3-4-9-25(20)12-13(10-21-2)22-16(19)11-24-17-18-14-7-5-6-8-15(14)23-17/h5-8,13H,3-4,9-12H2,1-2H3. The molecule has 0 spiro atoms. The average Bonchev–Trinajstić information content (AvgIpc) is 3.01. The number of hydrogen-bond acceptors (Lipinski definition) is 7. The van der Waals surface area contributed by atoms with Crippen molar-refractivity contribution in [3.8, 4) is 0 Å². The van der Waals surface area contributed by atoms with Crippen LogP contribution in [0.3, 0.4) is 0 Å². The summed E-state index contributed by atoms with van der Waals surface area (Å²) in [5.41, 5.74) is 1.43. The number of carbonyl (C=O) groups excluding carboxylic acids is 1. The molecule has 25 heavy (non-hydrogen) atoms. The van der Waals surface area contributed by atoms with Crippen molar-refractivity contribution in [2.75, 3.05) is 31.0 Å². The number of hydrogen-bond donors (Lipinski definition) is 0. The molecule has 1 heterocycles. The summed E-state index contributed by atoms with van der Waals surface area (Å²) in [5.74, 6) is 0.593. The lowest BCUT2D eigenvalue weighted by Gasteiger charge is -2.16. The number of aromatic nitrogens is 1. The Kier molecular flexibility index (Phi) is 8.43. The first-order chi connectivity index (χ1) is 12.1. The molecule has 2 atom stereocenters. The van der Waals surface area contributed by atoms with Crippen LogP contribution >= 0.6 is 11.8 Å². The maximum Gasteiger partial charge on any atom is 0.316 e. The minimum absolute atomic E-state index is 0.0780. The molecule has 0 bridgehead atoms. The highest BCUT2D eigenvalue weighted by molar-refractivity contribution is 7.99. The van der Waals surface area contributed by atoms with Gasteiger partial charge in [0.25, 0.3) is 5.22 Å². The summed E-state index contributed by atoms with van der Waals surface area (Å²) in [4.78, 5) is 16.3. The first-order valence-corrected chi connectivity index (χ1v) is 10.6. The molecule has 0 aliphatic rings. The first kappa shape index (κ1) is 19.9. The topological polar surface area (TPSA) is 78.6 Å². The average molecular weight is 386 g/mol. The van der Waals surface area contributed by atoms with E-state index in [0.717, 1.165) is 18.4 Å². The van der Waals surface area contributed by atoms with Crippen molar-refractivity contribution in [3.63, 3.8) is 0 Å². The molecule has 0 saturated carbocycles. The molecule has 0 N–H and O–H groups in total. The smallest absolute Gasteiger partial charge is 0.316 e. The molecule has 0 radical (unpaired) electrons. The van der Waals surface area contributed by atoms with Gasteiger partial charge in [-0.25, -0.2) is 4.98 Å². The van der Waals surface area contributed by atoms with Crippen LogP contribution < -0.4 is 0 Å². The lowest BCUT2D eigenvalue weighted by atomic mass is 10.3. The van der Waals surface area contributed by atoms with Gasteiger partial charge in [0.1, 0.15) is 17.4 Å². The molecule has 0 saturated heterocycles. The quantitative estimate of drug-likeness (QED) is 0.434. The van der Waals surface area contributed by atoms with Crippen molar-refractivity contribution in [1.29, 1.82) is 0 Å². The molecule has 1 aromatic heterocycles. The minimum atomic E-state index is -1.01. The van der Waals surface area contributed by atoms with E-state index in [4.69, 9.17) is 13.9 Å². The van der Waals surface area contributed by atoms with Gasteiger partial charge in [0.15, 0.2) is 5.58 Å². The third-order valence-electron chi connectivity index (χ3n) is 3.34. The number of rotatable bonds is 11. The zero-order valence-electron chi connectivity index (χ0n) is 14.4. The predicted octanol–water partition coefficient (Wildman–Crippen LogP) is 3.03. The summed E-state index contributed by atoms with van der Waals surface area (Å²) in [6.07, 6.45) is 1.38. The summed E-state index contributed by atoms with van der Waals surface area (Å²) in [6.45, 7) is 2.28. The molecule has 2 unspecified atom stereocenters. The predicted molar refractivity (Wildman–Crippen MR) is 99.3 cm³/mol. The molecule has 0 fully saturated rings. The highest BCUT2D eigenvalue weighted by Crippen LogP contribution is 2.23. The van der Waals surface area contributed by atoms with Crippen molar-refractivity contribution in [2.45, 2.75) is 31.1 Å². The SMILES string of the molecule is CCCCS(=O)CC(COC)OC(=O)CSc1nc2ccccc2o1. The van der Waals surface area contributed by atoms with Crippen LogP contribution in [0.15, 0.2) is 33.9 Å². The number of oxazole rings is 1. The van der Waals surface area contributed by atoms with E-state index >= 15 is 0 Å². The van der Waals surface area contributed by atoms with Crippen molar-refractivity contribution < 1.29 is 22.9 Å². The van der Waals surface area contributed by atoms with Crippen LogP contribution in [0.5, 0.6) is 0 Å². The fourth-order valence-corrected chi connectivity index (χ4v) is 4.13. The maximum atomic E-state index is 12.0. The first-order valence-electron chi connectivity index (χ1n) is 8.14. The van der Waals surface area contributed by atoms with Crippen LogP contribution in [0.4, 0.5) is 0 Å². The van der Waals surface area contributed by atoms with Crippen LogP contribution in [-0.4, -0.2) is 52.2 Å². The van der Waals surface area contributed by atoms with Crippen molar-refractivity contribution >= 4 is 39.6 Å². The number of esters is 1.